The molecule has 0 fully saturated rings. The van der Waals surface area contributed by atoms with Crippen LogP contribution in [0.1, 0.15) is 12.0 Å². The van der Waals surface area contributed by atoms with Crippen molar-refractivity contribution in [3.63, 3.8) is 0 Å². The molecule has 0 bridgehead atoms. The summed E-state index contributed by atoms with van der Waals surface area (Å²) in [5.74, 6) is -12.3. The lowest BCUT2D eigenvalue weighted by Crippen LogP contribution is -2.52. The maximum absolute atomic E-state index is 15.4. The minimum Gasteiger partial charge on any atom is -0.478 e. The topological polar surface area (TPSA) is 75.6 Å². The summed E-state index contributed by atoms with van der Waals surface area (Å²) >= 11 is 0. The van der Waals surface area contributed by atoms with E-state index < -0.39 is 69.9 Å². The van der Waals surface area contributed by atoms with Crippen LogP contribution in [-0.2, 0) is 14.3 Å². The Morgan fingerprint density at radius 1 is 1.12 bits per heavy atom. The average Bonchev–Trinajstić information content (AvgIpc) is 3.20. The summed E-state index contributed by atoms with van der Waals surface area (Å²) in [7, 11) is 0. The van der Waals surface area contributed by atoms with E-state index in [1.54, 1.807) is 0 Å². The van der Waals surface area contributed by atoms with Crippen molar-refractivity contribution in [2.75, 3.05) is 0 Å². The number of allylic oxidation sites excluding steroid dienone is 3. The molecule has 2 atom stereocenters. The van der Waals surface area contributed by atoms with E-state index >= 15 is 8.78 Å². The Morgan fingerprint density at radius 3 is 2.31 bits per heavy atom. The van der Waals surface area contributed by atoms with Crippen LogP contribution in [0, 0.1) is 0 Å². The molecule has 0 aromatic heterocycles. The predicted octanol–water partition coefficient (Wildman–Crippen LogP) is 4.56. The average molecular weight is 463 g/mol. The second kappa shape index (κ2) is 8.26. The predicted molar refractivity (Wildman–Crippen MR) is 95.0 cm³/mol. The number of amides is 1. The van der Waals surface area contributed by atoms with Crippen molar-refractivity contribution in [2.45, 2.75) is 24.8 Å². The monoisotopic (exact) mass is 463 g/mol. The number of halogens is 7. The molecule has 1 aromatic rings. The molecule has 1 amide bonds. The Labute approximate surface area is 175 Å². The molecule has 0 saturated heterocycles. The van der Waals surface area contributed by atoms with E-state index in [1.165, 1.54) is 29.6 Å². The highest BCUT2D eigenvalue weighted by Gasteiger charge is 2.59. The Balaban J connectivity index is 2.16. The van der Waals surface area contributed by atoms with Gasteiger partial charge in [-0.2, -0.15) is 0 Å². The van der Waals surface area contributed by atoms with E-state index in [-0.39, 0.29) is 6.42 Å². The van der Waals surface area contributed by atoms with Gasteiger partial charge in [0.2, 0.25) is 0 Å². The van der Waals surface area contributed by atoms with Crippen molar-refractivity contribution < 1.29 is 50.2 Å². The molecule has 0 spiro atoms. The number of hydrogen-bond donors (Lipinski definition) is 2. The van der Waals surface area contributed by atoms with E-state index in [0.29, 0.717) is 0 Å². The quantitative estimate of drug-likeness (QED) is 0.628. The van der Waals surface area contributed by atoms with Crippen molar-refractivity contribution >= 4 is 17.4 Å². The van der Waals surface area contributed by atoms with E-state index in [0.717, 1.165) is 18.2 Å². The molecule has 0 aliphatic heterocycles. The summed E-state index contributed by atoms with van der Waals surface area (Å²) in [6.45, 7) is 0. The van der Waals surface area contributed by atoms with Crippen LogP contribution in [0.25, 0.3) is 5.57 Å². The fourth-order valence-corrected chi connectivity index (χ4v) is 3.20. The third kappa shape index (κ3) is 4.17. The Hall–Kier alpha value is -3.41. The number of carbonyl (C=O) groups excluding carboxylic acids is 1. The molecule has 170 valence electrons. The molecule has 2 aliphatic rings. The first-order valence-electron chi connectivity index (χ1n) is 8.76. The summed E-state index contributed by atoms with van der Waals surface area (Å²) in [5, 5.41) is 10.4. The maximum atomic E-state index is 15.4. The number of ether oxygens (including phenoxy) is 1. The van der Waals surface area contributed by atoms with Gasteiger partial charge in [0, 0.05) is 5.57 Å². The maximum Gasteiger partial charge on any atom is 0.525 e. The molecule has 0 radical (unpaired) electrons. The van der Waals surface area contributed by atoms with E-state index in [9.17, 15) is 31.5 Å². The van der Waals surface area contributed by atoms with Gasteiger partial charge in [0.05, 0.1) is 11.1 Å². The normalized spacial score (nSPS) is 23.8. The van der Waals surface area contributed by atoms with Crippen LogP contribution in [0.3, 0.4) is 0 Å². The zero-order valence-corrected chi connectivity index (χ0v) is 15.6. The second-order valence-electron chi connectivity index (χ2n) is 6.60. The molecule has 3 rings (SSSR count). The molecular weight excluding hydrogens is 451 g/mol. The minimum absolute atomic E-state index is 0.266. The van der Waals surface area contributed by atoms with Crippen molar-refractivity contribution in [2.24, 2.45) is 0 Å². The summed E-state index contributed by atoms with van der Waals surface area (Å²) in [4.78, 5) is 23.5. The minimum atomic E-state index is -5.87. The molecule has 2 aliphatic carbocycles. The lowest BCUT2D eigenvalue weighted by atomic mass is 9.88. The van der Waals surface area contributed by atoms with Gasteiger partial charge in [0.15, 0.2) is 17.8 Å². The number of carboxylic acid groups (broad SMARTS) is 1. The first-order chi connectivity index (χ1) is 14.9. The Kier molecular flexibility index (Phi) is 6.00. The number of nitrogens with one attached hydrogen (secondary N) is 1. The number of carbonyl (C=O) groups is 2. The smallest absolute Gasteiger partial charge is 0.478 e. The van der Waals surface area contributed by atoms with Crippen LogP contribution < -0.4 is 5.32 Å². The van der Waals surface area contributed by atoms with E-state index in [2.05, 4.69) is 4.74 Å². The lowest BCUT2D eigenvalue weighted by Gasteiger charge is -2.36. The van der Waals surface area contributed by atoms with Crippen molar-refractivity contribution in [1.82, 2.24) is 5.32 Å². The summed E-state index contributed by atoms with van der Waals surface area (Å²) in [6.07, 6.45) is -7.58. The van der Waals surface area contributed by atoms with Crippen LogP contribution >= 0.6 is 0 Å². The van der Waals surface area contributed by atoms with Gasteiger partial charge in [-0.05, 0) is 12.0 Å². The fourth-order valence-electron chi connectivity index (χ4n) is 3.20. The number of alkyl halides is 5. The highest BCUT2D eigenvalue weighted by atomic mass is 19.4. The first kappa shape index (κ1) is 23.3. The van der Waals surface area contributed by atoms with Gasteiger partial charge in [0.1, 0.15) is 5.70 Å². The van der Waals surface area contributed by atoms with Gasteiger partial charge in [-0.15, -0.1) is 13.2 Å². The highest BCUT2D eigenvalue weighted by molar-refractivity contribution is 6.06. The summed E-state index contributed by atoms with van der Waals surface area (Å²) in [5.41, 5.74) is -5.21. The molecular formula is C20H12F7NO4. The standard InChI is InChI=1S/C20H12F7NO4/c21-13-12(9-5-2-1-3-6-9)15(23)19(24,32-20(25,26)27)16(14(13)22)28-17(29)10-7-4-8-11(10)18(30)31/h1-7,15H,8H2,(H,28,29)(H,30,31). The Bertz CT molecular complexity index is 1090. The third-order valence-corrected chi connectivity index (χ3v) is 4.59. The summed E-state index contributed by atoms with van der Waals surface area (Å²) in [6, 6.07) is 5.82. The van der Waals surface area contributed by atoms with Crippen LogP contribution in [0.2, 0.25) is 0 Å². The van der Waals surface area contributed by atoms with Crippen LogP contribution in [0.15, 0.2) is 71.0 Å². The SMILES string of the molecule is O=C(O)C1=C(C(=O)NC2=C(F)C(F)=C(c3ccccc3)C(F)C2(F)OC(F)(F)F)C=CC1. The van der Waals surface area contributed by atoms with Crippen LogP contribution in [0.4, 0.5) is 30.7 Å². The van der Waals surface area contributed by atoms with E-state index in [1.807, 2.05) is 0 Å². The van der Waals surface area contributed by atoms with Gasteiger partial charge in [-0.1, -0.05) is 42.5 Å². The largest absolute Gasteiger partial charge is 0.525 e. The molecule has 32 heavy (non-hydrogen) atoms. The van der Waals surface area contributed by atoms with Gasteiger partial charge in [0.25, 0.3) is 11.8 Å². The van der Waals surface area contributed by atoms with Crippen LogP contribution in [0.5, 0.6) is 0 Å². The van der Waals surface area contributed by atoms with Crippen LogP contribution in [-0.4, -0.2) is 35.4 Å². The zero-order valence-electron chi connectivity index (χ0n) is 15.6. The number of rotatable bonds is 5. The zero-order chi connectivity index (χ0) is 23.8. The summed E-state index contributed by atoms with van der Waals surface area (Å²) < 4.78 is 102. The second-order valence-corrected chi connectivity index (χ2v) is 6.60. The number of carboxylic acids is 1. The van der Waals surface area contributed by atoms with Gasteiger partial charge in [-0.3, -0.25) is 4.79 Å². The Morgan fingerprint density at radius 2 is 1.75 bits per heavy atom. The number of hydrogen-bond acceptors (Lipinski definition) is 3. The molecule has 0 saturated carbocycles. The first-order valence-corrected chi connectivity index (χ1v) is 8.76. The molecule has 12 heteroatoms. The number of benzene rings is 1. The van der Waals surface area contributed by atoms with Gasteiger partial charge in [-0.25, -0.2) is 27.1 Å². The number of aliphatic carboxylic acids is 1. The fraction of sp³-hybridized carbons (Fsp3) is 0.200. The van der Waals surface area contributed by atoms with Crippen molar-refractivity contribution in [1.29, 1.82) is 0 Å². The molecule has 1 aromatic carbocycles. The molecule has 2 N–H and O–H groups in total. The van der Waals surface area contributed by atoms with Gasteiger partial charge < -0.3 is 10.4 Å². The molecule has 0 heterocycles. The lowest BCUT2D eigenvalue weighted by molar-refractivity contribution is -0.391. The highest BCUT2D eigenvalue weighted by Crippen LogP contribution is 2.48. The third-order valence-electron chi connectivity index (χ3n) is 4.59. The molecule has 2 unspecified atom stereocenters. The van der Waals surface area contributed by atoms with Gasteiger partial charge >= 0.3 is 12.3 Å². The van der Waals surface area contributed by atoms with E-state index in [4.69, 9.17) is 5.11 Å². The molecule has 5 nitrogen and oxygen atoms in total. The van der Waals surface area contributed by atoms with Crippen molar-refractivity contribution in [3.05, 3.63) is 76.5 Å². The van der Waals surface area contributed by atoms with Crippen molar-refractivity contribution in [3.8, 4) is 0 Å².